The second kappa shape index (κ2) is 3.34. The van der Waals surface area contributed by atoms with Crippen LogP contribution in [-0.2, 0) is 0 Å². The highest BCUT2D eigenvalue weighted by atomic mass is 19.3. The summed E-state index contributed by atoms with van der Waals surface area (Å²) in [6.45, 7) is 0. The SMILES string of the molecule is Nc1cc(C(F)F)c(C=O)nc1N. The smallest absolute Gasteiger partial charge is 0.266 e. The summed E-state index contributed by atoms with van der Waals surface area (Å²) in [7, 11) is 0. The van der Waals surface area contributed by atoms with E-state index in [9.17, 15) is 13.6 Å². The normalized spacial score (nSPS) is 10.4. The number of carbonyl (C=O) groups excluding carboxylic acids is 1. The van der Waals surface area contributed by atoms with E-state index in [0.717, 1.165) is 6.07 Å². The average molecular weight is 187 g/mol. The first-order valence-electron chi connectivity index (χ1n) is 3.35. The second-order valence-corrected chi connectivity index (χ2v) is 2.36. The lowest BCUT2D eigenvalue weighted by Gasteiger charge is -2.05. The van der Waals surface area contributed by atoms with Crippen LogP contribution in [0.15, 0.2) is 6.07 Å². The van der Waals surface area contributed by atoms with Gasteiger partial charge in [-0.05, 0) is 6.07 Å². The minimum absolute atomic E-state index is 0.0547. The average Bonchev–Trinajstić information content (AvgIpc) is 2.08. The zero-order valence-electron chi connectivity index (χ0n) is 6.50. The van der Waals surface area contributed by atoms with E-state index in [0.29, 0.717) is 0 Å². The summed E-state index contributed by atoms with van der Waals surface area (Å²) in [6.07, 6.45) is -2.56. The van der Waals surface area contributed by atoms with Crippen molar-refractivity contribution in [2.75, 3.05) is 11.5 Å². The molecule has 13 heavy (non-hydrogen) atoms. The molecule has 0 bridgehead atoms. The number of halogens is 2. The van der Waals surface area contributed by atoms with E-state index in [-0.39, 0.29) is 23.5 Å². The number of hydrogen-bond acceptors (Lipinski definition) is 4. The van der Waals surface area contributed by atoms with Gasteiger partial charge in [0.05, 0.1) is 5.69 Å². The van der Waals surface area contributed by atoms with Crippen LogP contribution in [0.4, 0.5) is 20.3 Å². The minimum atomic E-state index is -2.78. The first-order chi connectivity index (χ1) is 6.06. The maximum absolute atomic E-state index is 12.2. The van der Waals surface area contributed by atoms with Gasteiger partial charge in [-0.15, -0.1) is 0 Å². The number of anilines is 2. The standard InChI is InChI=1S/C7H7F2N3O/c8-6(9)3-1-4(10)7(11)12-5(3)2-13/h1-2,6H,10H2,(H2,11,12). The molecule has 0 saturated heterocycles. The molecule has 70 valence electrons. The molecule has 0 aromatic carbocycles. The van der Waals surface area contributed by atoms with E-state index in [2.05, 4.69) is 4.98 Å². The fourth-order valence-corrected chi connectivity index (χ4v) is 0.843. The van der Waals surface area contributed by atoms with Gasteiger partial charge >= 0.3 is 0 Å². The molecule has 0 fully saturated rings. The number of pyridine rings is 1. The van der Waals surface area contributed by atoms with Gasteiger partial charge in [-0.1, -0.05) is 0 Å². The largest absolute Gasteiger partial charge is 0.396 e. The van der Waals surface area contributed by atoms with Crippen molar-refractivity contribution in [3.63, 3.8) is 0 Å². The van der Waals surface area contributed by atoms with E-state index >= 15 is 0 Å². The number of carbonyl (C=O) groups is 1. The van der Waals surface area contributed by atoms with Crippen molar-refractivity contribution >= 4 is 17.8 Å². The van der Waals surface area contributed by atoms with Gasteiger partial charge in [0, 0.05) is 5.56 Å². The molecule has 0 radical (unpaired) electrons. The second-order valence-electron chi connectivity index (χ2n) is 2.36. The molecule has 1 aromatic heterocycles. The van der Waals surface area contributed by atoms with E-state index in [1.54, 1.807) is 0 Å². The summed E-state index contributed by atoms with van der Waals surface area (Å²) in [5.41, 5.74) is 9.54. The van der Waals surface area contributed by atoms with Crippen LogP contribution in [0, 0.1) is 0 Å². The van der Waals surface area contributed by atoms with Crippen LogP contribution in [-0.4, -0.2) is 11.3 Å². The Bertz CT molecular complexity index is 341. The Kier molecular flexibility index (Phi) is 2.41. The van der Waals surface area contributed by atoms with Crippen LogP contribution in [0.25, 0.3) is 0 Å². The molecule has 0 saturated carbocycles. The lowest BCUT2D eigenvalue weighted by Crippen LogP contribution is -2.05. The summed E-state index contributed by atoms with van der Waals surface area (Å²) in [5.74, 6) is -0.119. The Balaban J connectivity index is 3.32. The molecule has 1 aromatic rings. The molecule has 1 rings (SSSR count). The van der Waals surface area contributed by atoms with Crippen LogP contribution in [0.2, 0.25) is 0 Å². The number of nitrogen functional groups attached to an aromatic ring is 2. The van der Waals surface area contributed by atoms with Crippen molar-refractivity contribution in [3.05, 3.63) is 17.3 Å². The number of alkyl halides is 2. The predicted molar refractivity (Wildman–Crippen MR) is 43.4 cm³/mol. The zero-order valence-corrected chi connectivity index (χ0v) is 6.50. The van der Waals surface area contributed by atoms with Crippen molar-refractivity contribution in [3.8, 4) is 0 Å². The third-order valence-corrected chi connectivity index (χ3v) is 1.49. The molecule has 4 N–H and O–H groups in total. The van der Waals surface area contributed by atoms with Crippen molar-refractivity contribution in [2.45, 2.75) is 6.43 Å². The Morgan fingerprint density at radius 1 is 1.46 bits per heavy atom. The van der Waals surface area contributed by atoms with Gasteiger partial charge in [0.25, 0.3) is 6.43 Å². The fraction of sp³-hybridized carbons (Fsp3) is 0.143. The van der Waals surface area contributed by atoms with E-state index in [4.69, 9.17) is 11.5 Å². The van der Waals surface area contributed by atoms with Crippen LogP contribution in [0.3, 0.4) is 0 Å². The monoisotopic (exact) mass is 187 g/mol. The maximum Gasteiger partial charge on any atom is 0.266 e. The Hall–Kier alpha value is -1.72. The van der Waals surface area contributed by atoms with Gasteiger partial charge in [0.1, 0.15) is 11.5 Å². The van der Waals surface area contributed by atoms with Crippen molar-refractivity contribution in [2.24, 2.45) is 0 Å². The fourth-order valence-electron chi connectivity index (χ4n) is 0.843. The lowest BCUT2D eigenvalue weighted by molar-refractivity contribution is 0.110. The summed E-state index contributed by atoms with van der Waals surface area (Å²) in [5, 5.41) is 0. The van der Waals surface area contributed by atoms with Gasteiger partial charge < -0.3 is 11.5 Å². The van der Waals surface area contributed by atoms with Crippen molar-refractivity contribution < 1.29 is 13.6 Å². The number of nitrogens with two attached hydrogens (primary N) is 2. The topological polar surface area (TPSA) is 82.0 Å². The first-order valence-corrected chi connectivity index (χ1v) is 3.35. The van der Waals surface area contributed by atoms with E-state index in [1.165, 1.54) is 0 Å². The summed E-state index contributed by atoms with van der Waals surface area (Å²) in [6, 6.07) is 0.955. The molecule has 0 aliphatic rings. The molecule has 0 spiro atoms. The Morgan fingerprint density at radius 2 is 2.08 bits per heavy atom. The quantitative estimate of drug-likeness (QED) is 0.676. The number of nitrogens with zero attached hydrogens (tertiary/aromatic N) is 1. The van der Waals surface area contributed by atoms with E-state index in [1.807, 2.05) is 0 Å². The molecule has 0 aliphatic heterocycles. The van der Waals surface area contributed by atoms with Crippen LogP contribution in [0.5, 0.6) is 0 Å². The van der Waals surface area contributed by atoms with E-state index < -0.39 is 12.0 Å². The van der Waals surface area contributed by atoms with Gasteiger partial charge in [-0.2, -0.15) is 0 Å². The molecule has 6 heteroatoms. The summed E-state index contributed by atoms with van der Waals surface area (Å²) >= 11 is 0. The highest BCUT2D eigenvalue weighted by molar-refractivity contribution is 5.78. The van der Waals surface area contributed by atoms with Crippen LogP contribution < -0.4 is 11.5 Å². The molecule has 1 heterocycles. The van der Waals surface area contributed by atoms with Crippen LogP contribution >= 0.6 is 0 Å². The Morgan fingerprint density at radius 3 is 2.54 bits per heavy atom. The number of aldehydes is 1. The van der Waals surface area contributed by atoms with Gasteiger partial charge in [-0.3, -0.25) is 4.79 Å². The number of hydrogen-bond donors (Lipinski definition) is 2. The van der Waals surface area contributed by atoms with Crippen molar-refractivity contribution in [1.29, 1.82) is 0 Å². The highest BCUT2D eigenvalue weighted by Crippen LogP contribution is 2.25. The number of rotatable bonds is 2. The molecule has 0 atom stereocenters. The third kappa shape index (κ3) is 1.71. The first kappa shape index (κ1) is 9.37. The van der Waals surface area contributed by atoms with Gasteiger partial charge in [-0.25, -0.2) is 13.8 Å². The molecule has 0 aliphatic carbocycles. The van der Waals surface area contributed by atoms with Crippen LogP contribution in [0.1, 0.15) is 22.5 Å². The van der Waals surface area contributed by atoms with Gasteiger partial charge in [0.15, 0.2) is 6.29 Å². The summed E-state index contributed by atoms with van der Waals surface area (Å²) in [4.78, 5) is 13.7. The van der Waals surface area contributed by atoms with Gasteiger partial charge in [0.2, 0.25) is 0 Å². The molecule has 0 amide bonds. The highest BCUT2D eigenvalue weighted by Gasteiger charge is 2.15. The Labute approximate surface area is 72.6 Å². The molecular weight excluding hydrogens is 180 g/mol. The third-order valence-electron chi connectivity index (χ3n) is 1.49. The molecular formula is C7H7F2N3O. The predicted octanol–water partition coefficient (Wildman–Crippen LogP) is 0.996. The summed E-state index contributed by atoms with van der Waals surface area (Å²) < 4.78 is 24.5. The minimum Gasteiger partial charge on any atom is -0.396 e. The zero-order chi connectivity index (χ0) is 10.0. The molecule has 4 nitrogen and oxygen atoms in total. The number of aromatic nitrogens is 1. The maximum atomic E-state index is 12.2. The molecule has 0 unspecified atom stereocenters. The van der Waals surface area contributed by atoms with Crippen molar-refractivity contribution in [1.82, 2.24) is 4.98 Å². The lowest BCUT2D eigenvalue weighted by atomic mass is 10.2.